The molecule has 1 fully saturated rings. The van der Waals surface area contributed by atoms with Gasteiger partial charge in [-0.3, -0.25) is 19.9 Å². The number of anilines is 2. The van der Waals surface area contributed by atoms with Crippen LogP contribution < -0.4 is 16.0 Å². The van der Waals surface area contributed by atoms with Crippen molar-refractivity contribution in [3.63, 3.8) is 0 Å². The van der Waals surface area contributed by atoms with Gasteiger partial charge in [0, 0.05) is 25.8 Å². The smallest absolute Gasteiger partial charge is 0.412 e. The summed E-state index contributed by atoms with van der Waals surface area (Å²) in [4.78, 5) is 62.2. The highest BCUT2D eigenvalue weighted by molar-refractivity contribution is 8.16. The standard InChI is InChI=1S/C28H37N7O5S/c1-27(2,3)40-26(39)31-20-11-9-8-10-19(20)30-22(36)21-13-12-18(16-29-21)17-35(15-14-34(6)7)25(38)33-24-32-23(37)28(4,5)41-24/h8-13,16H,14-15,17H2,1-7H3,(H,30,36)(H,31,39)(H,32,33,37,38). The van der Waals surface area contributed by atoms with Crippen LogP contribution in [0.3, 0.4) is 0 Å². The van der Waals surface area contributed by atoms with Crippen LogP contribution in [0, 0.1) is 0 Å². The summed E-state index contributed by atoms with van der Waals surface area (Å²) in [5.74, 6) is -0.672. The highest BCUT2D eigenvalue weighted by Gasteiger charge is 2.38. The van der Waals surface area contributed by atoms with E-state index in [1.54, 1.807) is 75.9 Å². The number of aromatic nitrogens is 1. The van der Waals surface area contributed by atoms with Crippen LogP contribution in [0.2, 0.25) is 0 Å². The van der Waals surface area contributed by atoms with Crippen molar-refractivity contribution in [3.05, 3.63) is 53.9 Å². The fourth-order valence-electron chi connectivity index (χ4n) is 3.51. The van der Waals surface area contributed by atoms with Crippen LogP contribution >= 0.6 is 11.8 Å². The van der Waals surface area contributed by atoms with Gasteiger partial charge in [-0.1, -0.05) is 30.0 Å². The molecule has 0 unspecified atom stereocenters. The first-order valence-electron chi connectivity index (χ1n) is 13.0. The minimum absolute atomic E-state index is 0.152. The lowest BCUT2D eigenvalue weighted by Gasteiger charge is -2.22. The number of likely N-dealkylation sites (N-methyl/N-ethyl adjacent to an activating group) is 1. The maximum Gasteiger partial charge on any atom is 0.412 e. The van der Waals surface area contributed by atoms with E-state index in [2.05, 4.69) is 25.9 Å². The van der Waals surface area contributed by atoms with Crippen molar-refractivity contribution in [2.45, 2.75) is 51.5 Å². The molecule has 12 nitrogen and oxygen atoms in total. The Hall–Kier alpha value is -3.97. The molecule has 1 aromatic heterocycles. The molecule has 0 radical (unpaired) electrons. The number of urea groups is 1. The largest absolute Gasteiger partial charge is 0.444 e. The maximum absolute atomic E-state index is 13.0. The highest BCUT2D eigenvalue weighted by Crippen LogP contribution is 2.31. The third-order valence-corrected chi connectivity index (χ3v) is 6.73. The van der Waals surface area contributed by atoms with E-state index in [9.17, 15) is 19.2 Å². The summed E-state index contributed by atoms with van der Waals surface area (Å²) < 4.78 is 4.60. The van der Waals surface area contributed by atoms with Crippen molar-refractivity contribution in [1.29, 1.82) is 0 Å². The van der Waals surface area contributed by atoms with Crippen molar-refractivity contribution < 1.29 is 23.9 Å². The highest BCUT2D eigenvalue weighted by atomic mass is 32.2. The monoisotopic (exact) mass is 583 g/mol. The number of benzene rings is 1. The molecule has 0 atom stereocenters. The van der Waals surface area contributed by atoms with E-state index in [0.717, 1.165) is 0 Å². The summed E-state index contributed by atoms with van der Waals surface area (Å²) in [7, 11) is 3.81. The molecular weight excluding hydrogens is 546 g/mol. The first kappa shape index (κ1) is 31.6. The Morgan fingerprint density at radius 2 is 1.71 bits per heavy atom. The molecule has 220 valence electrons. The number of rotatable bonds is 8. The van der Waals surface area contributed by atoms with Gasteiger partial charge in [-0.2, -0.15) is 4.99 Å². The van der Waals surface area contributed by atoms with E-state index in [0.29, 0.717) is 30.0 Å². The Morgan fingerprint density at radius 3 is 2.24 bits per heavy atom. The summed E-state index contributed by atoms with van der Waals surface area (Å²) in [6, 6.07) is 9.55. The number of pyridine rings is 1. The maximum atomic E-state index is 13.0. The van der Waals surface area contributed by atoms with Crippen molar-refractivity contribution in [2.24, 2.45) is 4.99 Å². The number of nitrogens with zero attached hydrogens (tertiary/aromatic N) is 4. The average Bonchev–Trinajstić information content (AvgIpc) is 3.12. The lowest BCUT2D eigenvalue weighted by Crippen LogP contribution is -2.36. The molecule has 41 heavy (non-hydrogen) atoms. The van der Waals surface area contributed by atoms with E-state index < -0.39 is 28.4 Å². The SMILES string of the molecule is CN(C)CCN(Cc1ccc(C(=O)Nc2ccccc2NC(=O)OC(C)(C)C)nc1)C(=O)N=C1NC(=O)C(C)(C)S1. The van der Waals surface area contributed by atoms with Crippen LogP contribution in [0.5, 0.6) is 0 Å². The van der Waals surface area contributed by atoms with Gasteiger partial charge in [0.05, 0.1) is 16.1 Å². The fourth-order valence-corrected chi connectivity index (χ4v) is 4.40. The summed E-state index contributed by atoms with van der Waals surface area (Å²) in [5.41, 5.74) is 0.941. The van der Waals surface area contributed by atoms with Gasteiger partial charge in [0.25, 0.3) is 5.91 Å². The van der Waals surface area contributed by atoms with Gasteiger partial charge in [0.1, 0.15) is 11.3 Å². The zero-order chi connectivity index (χ0) is 30.4. The number of aliphatic imine (C=N–C) groups is 1. The van der Waals surface area contributed by atoms with E-state index in [4.69, 9.17) is 4.74 Å². The zero-order valence-corrected chi connectivity index (χ0v) is 25.2. The number of carbonyl (C=O) groups excluding carboxylic acids is 4. The van der Waals surface area contributed by atoms with E-state index in [1.807, 2.05) is 19.0 Å². The molecule has 1 saturated heterocycles. The number of hydrogen-bond acceptors (Lipinski definition) is 8. The molecule has 3 N–H and O–H groups in total. The minimum atomic E-state index is -0.694. The van der Waals surface area contributed by atoms with Gasteiger partial charge in [0.2, 0.25) is 5.91 Å². The predicted molar refractivity (Wildman–Crippen MR) is 160 cm³/mol. The number of hydrogen-bond donors (Lipinski definition) is 3. The molecule has 13 heteroatoms. The number of nitrogens with one attached hydrogen (secondary N) is 3. The Balaban J connectivity index is 1.69. The number of thioether (sulfide) groups is 1. The van der Waals surface area contributed by atoms with Gasteiger partial charge in [-0.05, 0) is 72.5 Å². The van der Waals surface area contributed by atoms with Gasteiger partial charge < -0.3 is 25.2 Å². The summed E-state index contributed by atoms with van der Waals surface area (Å²) in [6.45, 7) is 10.0. The van der Waals surface area contributed by atoms with Crippen LogP contribution in [0.4, 0.5) is 21.0 Å². The summed E-state index contributed by atoms with van der Waals surface area (Å²) >= 11 is 1.21. The molecule has 2 aromatic rings. The summed E-state index contributed by atoms with van der Waals surface area (Å²) in [5, 5.41) is 8.33. The second-order valence-electron chi connectivity index (χ2n) is 11.2. The van der Waals surface area contributed by atoms with E-state index in [1.165, 1.54) is 18.0 Å². The van der Waals surface area contributed by atoms with Crippen molar-refractivity contribution in [2.75, 3.05) is 37.8 Å². The zero-order valence-electron chi connectivity index (χ0n) is 24.4. The predicted octanol–water partition coefficient (Wildman–Crippen LogP) is 4.16. The second kappa shape index (κ2) is 13.1. The molecule has 0 saturated carbocycles. The molecule has 3 rings (SSSR count). The molecule has 1 aromatic carbocycles. The molecule has 0 aliphatic carbocycles. The van der Waals surface area contributed by atoms with Crippen LogP contribution in [0.25, 0.3) is 0 Å². The van der Waals surface area contributed by atoms with Gasteiger partial charge in [0.15, 0.2) is 5.17 Å². The number of para-hydroxylation sites is 2. The second-order valence-corrected chi connectivity index (χ2v) is 12.8. The Labute approximate surface area is 244 Å². The van der Waals surface area contributed by atoms with Crippen LogP contribution in [-0.4, -0.2) is 81.4 Å². The topological polar surface area (TPSA) is 145 Å². The molecule has 5 amide bonds. The Morgan fingerprint density at radius 1 is 1.05 bits per heavy atom. The fraction of sp³-hybridized carbons (Fsp3) is 0.429. The van der Waals surface area contributed by atoms with Crippen LogP contribution in [0.15, 0.2) is 47.6 Å². The number of amides is 5. The Kier molecular flexibility index (Phi) is 10.1. The number of amidine groups is 1. The van der Waals surface area contributed by atoms with Gasteiger partial charge >= 0.3 is 12.1 Å². The first-order valence-corrected chi connectivity index (χ1v) is 13.8. The minimum Gasteiger partial charge on any atom is -0.444 e. The van der Waals surface area contributed by atoms with Crippen molar-refractivity contribution in [1.82, 2.24) is 20.1 Å². The molecule has 1 aliphatic heterocycles. The number of carbonyl (C=O) groups is 4. The quantitative estimate of drug-likeness (QED) is 0.420. The first-order chi connectivity index (χ1) is 19.1. The third kappa shape index (κ3) is 9.57. The number of ether oxygens (including phenoxy) is 1. The van der Waals surface area contributed by atoms with E-state index in [-0.39, 0.29) is 23.3 Å². The van der Waals surface area contributed by atoms with E-state index >= 15 is 0 Å². The van der Waals surface area contributed by atoms with Gasteiger partial charge in [-0.25, -0.2) is 9.59 Å². The van der Waals surface area contributed by atoms with Crippen molar-refractivity contribution in [3.8, 4) is 0 Å². The van der Waals surface area contributed by atoms with Gasteiger partial charge in [-0.15, -0.1) is 0 Å². The third-order valence-electron chi connectivity index (χ3n) is 5.65. The molecule has 1 aliphatic rings. The van der Waals surface area contributed by atoms with Crippen LogP contribution in [0.1, 0.15) is 50.7 Å². The molecular formula is C28H37N7O5S. The molecule has 2 heterocycles. The lowest BCUT2D eigenvalue weighted by molar-refractivity contribution is -0.120. The normalized spacial score (nSPS) is 15.4. The Bertz CT molecular complexity index is 1320. The van der Waals surface area contributed by atoms with Crippen LogP contribution in [-0.2, 0) is 16.1 Å². The average molecular weight is 584 g/mol. The summed E-state index contributed by atoms with van der Waals surface area (Å²) in [6.07, 6.45) is 0.885. The van der Waals surface area contributed by atoms with Crippen molar-refractivity contribution >= 4 is 52.2 Å². The molecule has 0 bridgehead atoms. The lowest BCUT2D eigenvalue weighted by atomic mass is 10.2. The molecule has 0 spiro atoms.